The maximum atomic E-state index is 9.66. The molecule has 0 aliphatic rings. The van der Waals surface area contributed by atoms with E-state index in [1.54, 1.807) is 19.1 Å². The number of nitrogens with one attached hydrogen (secondary N) is 2. The quantitative estimate of drug-likeness (QED) is 0.363. The molecule has 0 amide bonds. The third kappa shape index (κ3) is 3.14. The number of nitrogens with two attached hydrogens (primary N) is 1. The number of hydrogen-bond acceptors (Lipinski definition) is 3. The fraction of sp³-hybridized carbons (Fsp3) is 0.300. The van der Waals surface area contributed by atoms with Gasteiger partial charge in [-0.15, -0.1) is 0 Å². The van der Waals surface area contributed by atoms with Crippen molar-refractivity contribution in [3.63, 3.8) is 0 Å². The van der Waals surface area contributed by atoms with Gasteiger partial charge < -0.3 is 21.3 Å². The minimum atomic E-state index is -0.791. The minimum Gasteiger partial charge on any atom is -0.508 e. The van der Waals surface area contributed by atoms with E-state index >= 15 is 0 Å². The van der Waals surface area contributed by atoms with Crippen molar-refractivity contribution < 1.29 is 10.2 Å². The summed E-state index contributed by atoms with van der Waals surface area (Å²) in [5.41, 5.74) is 6.43. The lowest BCUT2D eigenvalue weighted by atomic mass is 10.1. The molecular weight excluding hydrogens is 194 g/mol. The van der Waals surface area contributed by atoms with Crippen LogP contribution in [0.3, 0.4) is 0 Å². The Morgan fingerprint density at radius 2 is 2.27 bits per heavy atom. The van der Waals surface area contributed by atoms with E-state index in [-0.39, 0.29) is 18.3 Å². The van der Waals surface area contributed by atoms with Crippen LogP contribution < -0.4 is 11.1 Å². The van der Waals surface area contributed by atoms with Crippen molar-refractivity contribution in [2.45, 2.75) is 13.0 Å². The maximum absolute atomic E-state index is 9.66. The van der Waals surface area contributed by atoms with Crippen LogP contribution in [0.1, 0.15) is 17.2 Å². The summed E-state index contributed by atoms with van der Waals surface area (Å²) < 4.78 is 0. The minimum absolute atomic E-state index is 0.148. The van der Waals surface area contributed by atoms with E-state index in [1.165, 1.54) is 6.07 Å². The second kappa shape index (κ2) is 4.65. The van der Waals surface area contributed by atoms with Crippen LogP contribution in [0.15, 0.2) is 18.2 Å². The molecule has 1 rings (SSSR count). The number of rotatable bonds is 3. The van der Waals surface area contributed by atoms with E-state index in [2.05, 4.69) is 5.32 Å². The summed E-state index contributed by atoms with van der Waals surface area (Å²) in [6.07, 6.45) is -0.791. The van der Waals surface area contributed by atoms with Crippen molar-refractivity contribution >= 4 is 5.96 Å². The van der Waals surface area contributed by atoms with E-state index in [4.69, 9.17) is 11.1 Å². The number of hydrogen-bond donors (Lipinski definition) is 5. The Kier molecular flexibility index (Phi) is 3.51. The molecule has 0 heterocycles. The lowest BCUT2D eigenvalue weighted by molar-refractivity contribution is 0.180. The molecule has 0 saturated heterocycles. The summed E-state index contributed by atoms with van der Waals surface area (Å²) in [5.74, 6) is -0.0419. The Labute approximate surface area is 88.1 Å². The van der Waals surface area contributed by atoms with E-state index in [0.717, 1.165) is 5.56 Å². The molecule has 1 aromatic rings. The SMILES string of the molecule is Cc1ccc([C@@H](O)CNC(=N)N)cc1O. The van der Waals surface area contributed by atoms with Crippen LogP contribution in [-0.2, 0) is 0 Å². The molecule has 1 atom stereocenters. The average molecular weight is 209 g/mol. The monoisotopic (exact) mass is 209 g/mol. The zero-order chi connectivity index (χ0) is 11.4. The lowest BCUT2D eigenvalue weighted by Crippen LogP contribution is -2.33. The molecule has 0 saturated carbocycles. The molecule has 1 aromatic carbocycles. The fourth-order valence-electron chi connectivity index (χ4n) is 1.16. The van der Waals surface area contributed by atoms with Crippen molar-refractivity contribution in [1.29, 1.82) is 5.41 Å². The molecule has 6 N–H and O–H groups in total. The number of aromatic hydroxyl groups is 1. The number of aliphatic hydroxyl groups is 1. The van der Waals surface area contributed by atoms with Gasteiger partial charge in [0.2, 0.25) is 0 Å². The number of phenols is 1. The summed E-state index contributed by atoms with van der Waals surface area (Å²) in [4.78, 5) is 0. The maximum Gasteiger partial charge on any atom is 0.185 e. The largest absolute Gasteiger partial charge is 0.508 e. The first-order valence-corrected chi connectivity index (χ1v) is 4.56. The highest BCUT2D eigenvalue weighted by molar-refractivity contribution is 5.74. The number of aryl methyl sites for hydroxylation is 1. The zero-order valence-corrected chi connectivity index (χ0v) is 8.49. The first-order valence-electron chi connectivity index (χ1n) is 4.56. The molecular formula is C10H15N3O2. The summed E-state index contributed by atoms with van der Waals surface area (Å²) in [5, 5.41) is 28.5. The smallest absolute Gasteiger partial charge is 0.185 e. The summed E-state index contributed by atoms with van der Waals surface area (Å²) in [6.45, 7) is 1.93. The van der Waals surface area contributed by atoms with Crippen LogP contribution in [0, 0.1) is 12.3 Å². The number of aliphatic hydroxyl groups excluding tert-OH is 1. The van der Waals surface area contributed by atoms with Gasteiger partial charge in [-0.3, -0.25) is 5.41 Å². The number of benzene rings is 1. The van der Waals surface area contributed by atoms with Crippen LogP contribution >= 0.6 is 0 Å². The standard InChI is InChI=1S/C10H15N3O2/c1-6-2-3-7(4-8(6)14)9(15)5-13-10(11)12/h2-4,9,14-15H,5H2,1H3,(H4,11,12,13)/t9-/m0/s1. The predicted octanol–water partition coefficient (Wildman–Crippen LogP) is 0.217. The van der Waals surface area contributed by atoms with Crippen LogP contribution in [-0.4, -0.2) is 22.7 Å². The topological polar surface area (TPSA) is 102 Å². The van der Waals surface area contributed by atoms with Crippen molar-refractivity contribution in [2.24, 2.45) is 5.73 Å². The molecule has 5 nitrogen and oxygen atoms in total. The van der Waals surface area contributed by atoms with E-state index in [1.807, 2.05) is 0 Å². The van der Waals surface area contributed by atoms with Crippen LogP contribution in [0.4, 0.5) is 0 Å². The van der Waals surface area contributed by atoms with E-state index in [0.29, 0.717) is 5.56 Å². The molecule has 0 aromatic heterocycles. The molecule has 0 bridgehead atoms. The molecule has 0 unspecified atom stereocenters. The highest BCUT2D eigenvalue weighted by Gasteiger charge is 2.08. The van der Waals surface area contributed by atoms with E-state index < -0.39 is 6.10 Å². The third-order valence-electron chi connectivity index (χ3n) is 2.10. The molecule has 0 radical (unpaired) electrons. The van der Waals surface area contributed by atoms with Gasteiger partial charge in [-0.05, 0) is 24.1 Å². The number of phenolic OH excluding ortho intramolecular Hbond substituents is 1. The Hall–Kier alpha value is -1.75. The van der Waals surface area contributed by atoms with Crippen molar-refractivity contribution in [3.05, 3.63) is 29.3 Å². The summed E-state index contributed by atoms with van der Waals surface area (Å²) >= 11 is 0. The van der Waals surface area contributed by atoms with Crippen molar-refractivity contribution in [3.8, 4) is 5.75 Å². The van der Waals surface area contributed by atoms with Gasteiger partial charge in [0.1, 0.15) is 5.75 Å². The van der Waals surface area contributed by atoms with Crippen LogP contribution in [0.5, 0.6) is 5.75 Å². The Balaban J connectivity index is 2.69. The molecule has 15 heavy (non-hydrogen) atoms. The molecule has 5 heteroatoms. The molecule has 0 fully saturated rings. The highest BCUT2D eigenvalue weighted by atomic mass is 16.3. The molecule has 82 valence electrons. The van der Waals surface area contributed by atoms with Gasteiger partial charge in [0.25, 0.3) is 0 Å². The van der Waals surface area contributed by atoms with Crippen LogP contribution in [0.2, 0.25) is 0 Å². The highest BCUT2D eigenvalue weighted by Crippen LogP contribution is 2.21. The second-order valence-corrected chi connectivity index (χ2v) is 3.36. The zero-order valence-electron chi connectivity index (χ0n) is 8.49. The van der Waals surface area contributed by atoms with Gasteiger partial charge in [-0.25, -0.2) is 0 Å². The summed E-state index contributed by atoms with van der Waals surface area (Å²) in [6, 6.07) is 4.95. The molecule has 0 aliphatic heterocycles. The van der Waals surface area contributed by atoms with Gasteiger partial charge in [-0.1, -0.05) is 12.1 Å². The van der Waals surface area contributed by atoms with Gasteiger partial charge in [0, 0.05) is 6.54 Å². The third-order valence-corrected chi connectivity index (χ3v) is 2.10. The Morgan fingerprint density at radius 3 is 2.80 bits per heavy atom. The van der Waals surface area contributed by atoms with Crippen molar-refractivity contribution in [1.82, 2.24) is 5.32 Å². The normalized spacial score (nSPS) is 12.1. The van der Waals surface area contributed by atoms with Gasteiger partial charge in [0.15, 0.2) is 5.96 Å². The van der Waals surface area contributed by atoms with Crippen LogP contribution in [0.25, 0.3) is 0 Å². The lowest BCUT2D eigenvalue weighted by Gasteiger charge is -2.12. The first-order chi connectivity index (χ1) is 7.00. The Bertz CT molecular complexity index is 366. The average Bonchev–Trinajstić information content (AvgIpc) is 2.18. The second-order valence-electron chi connectivity index (χ2n) is 3.36. The van der Waals surface area contributed by atoms with Crippen molar-refractivity contribution in [2.75, 3.05) is 6.54 Å². The van der Waals surface area contributed by atoms with Gasteiger partial charge in [-0.2, -0.15) is 0 Å². The summed E-state index contributed by atoms with van der Waals surface area (Å²) in [7, 11) is 0. The Morgan fingerprint density at radius 1 is 1.60 bits per heavy atom. The number of guanidine groups is 1. The fourth-order valence-corrected chi connectivity index (χ4v) is 1.16. The first kappa shape index (κ1) is 11.3. The molecule has 0 spiro atoms. The molecule has 0 aliphatic carbocycles. The van der Waals surface area contributed by atoms with Gasteiger partial charge in [0.05, 0.1) is 6.10 Å². The van der Waals surface area contributed by atoms with Gasteiger partial charge >= 0.3 is 0 Å². The van der Waals surface area contributed by atoms with E-state index in [9.17, 15) is 10.2 Å². The predicted molar refractivity (Wildman–Crippen MR) is 57.7 cm³/mol.